The molecule has 0 aliphatic carbocycles. The van der Waals surface area contributed by atoms with Crippen molar-refractivity contribution in [3.05, 3.63) is 21.9 Å². The molecule has 21 heavy (non-hydrogen) atoms. The van der Waals surface area contributed by atoms with Gasteiger partial charge in [0.05, 0.1) is 0 Å². The van der Waals surface area contributed by atoms with Crippen LogP contribution in [0.5, 0.6) is 0 Å². The fourth-order valence-electron chi connectivity index (χ4n) is 2.36. The molecular weight excluding hydrogens is 391 g/mol. The first kappa shape index (κ1) is 17.2. The lowest BCUT2D eigenvalue weighted by molar-refractivity contribution is 0.152. The van der Waals surface area contributed by atoms with Gasteiger partial charge in [-0.1, -0.05) is 20.8 Å². The molecule has 1 fully saturated rings. The highest BCUT2D eigenvalue weighted by Crippen LogP contribution is 2.38. The van der Waals surface area contributed by atoms with Crippen molar-refractivity contribution in [2.24, 2.45) is 0 Å². The first-order valence-corrected chi connectivity index (χ1v) is 11.7. The van der Waals surface area contributed by atoms with E-state index in [2.05, 4.69) is 72.4 Å². The molecule has 0 aromatic carbocycles. The Hall–Kier alpha value is -0.143. The lowest BCUT2D eigenvalue weighted by Gasteiger charge is -2.42. The minimum Gasteiger partial charge on any atom is -0.414 e. The van der Waals surface area contributed by atoms with Crippen LogP contribution in [0.1, 0.15) is 33.6 Å². The molecule has 0 bridgehead atoms. The van der Waals surface area contributed by atoms with E-state index in [0.29, 0.717) is 11.1 Å². The first-order chi connectivity index (χ1) is 9.69. The summed E-state index contributed by atoms with van der Waals surface area (Å²) in [6.45, 7) is 13.7. The Kier molecular flexibility index (Phi) is 5.36. The summed E-state index contributed by atoms with van der Waals surface area (Å²) in [5, 5.41) is 0.293. The summed E-state index contributed by atoms with van der Waals surface area (Å²) in [7, 11) is -1.64. The summed E-state index contributed by atoms with van der Waals surface area (Å²) in [6, 6.07) is 4.20. The Morgan fingerprint density at radius 2 is 1.90 bits per heavy atom. The topological polar surface area (TPSA) is 25.4 Å². The van der Waals surface area contributed by atoms with Crippen LogP contribution in [0.25, 0.3) is 0 Å². The third-order valence-corrected chi connectivity index (χ3v) is 9.95. The van der Waals surface area contributed by atoms with E-state index in [4.69, 9.17) is 4.43 Å². The Balaban J connectivity index is 1.92. The number of hydrogen-bond acceptors (Lipinski definition) is 3. The van der Waals surface area contributed by atoms with E-state index in [0.717, 1.165) is 31.7 Å². The molecule has 1 aliphatic heterocycles. The molecule has 0 N–H and O–H groups in total. The molecule has 3 nitrogen and oxygen atoms in total. The maximum Gasteiger partial charge on any atom is 0.192 e. The highest BCUT2D eigenvalue weighted by Gasteiger charge is 2.39. The Bertz CT molecular complexity index is 479. The average molecular weight is 418 g/mol. The van der Waals surface area contributed by atoms with Gasteiger partial charge in [0.15, 0.2) is 8.32 Å². The number of nitrogens with zero attached hydrogens (tertiary/aromatic N) is 2. The van der Waals surface area contributed by atoms with Crippen molar-refractivity contribution in [2.75, 3.05) is 18.0 Å². The zero-order chi connectivity index (χ0) is 15.7. The molecule has 1 aromatic rings. The summed E-state index contributed by atoms with van der Waals surface area (Å²) in [5.41, 5.74) is 0. The second-order valence-corrected chi connectivity index (χ2v) is 13.4. The maximum atomic E-state index is 6.54. The lowest BCUT2D eigenvalue weighted by atomic mass is 10.1. The normalized spacial score (nSPS) is 18.1. The number of pyridine rings is 1. The smallest absolute Gasteiger partial charge is 0.192 e. The van der Waals surface area contributed by atoms with Crippen LogP contribution in [0.15, 0.2) is 18.3 Å². The Labute approximate surface area is 143 Å². The maximum absolute atomic E-state index is 6.54. The number of rotatable bonds is 3. The molecule has 1 saturated heterocycles. The third kappa shape index (κ3) is 4.42. The van der Waals surface area contributed by atoms with E-state index in [1.807, 2.05) is 12.3 Å². The monoisotopic (exact) mass is 418 g/mol. The van der Waals surface area contributed by atoms with E-state index in [1.54, 1.807) is 0 Å². The summed E-state index contributed by atoms with van der Waals surface area (Å²) >= 11 is 2.35. The van der Waals surface area contributed by atoms with Crippen LogP contribution in [0.3, 0.4) is 0 Å². The van der Waals surface area contributed by atoms with E-state index < -0.39 is 8.32 Å². The molecule has 0 unspecified atom stereocenters. The number of hydrogen-bond donors (Lipinski definition) is 0. The highest BCUT2D eigenvalue weighted by molar-refractivity contribution is 14.1. The van der Waals surface area contributed by atoms with E-state index in [-0.39, 0.29) is 0 Å². The minimum absolute atomic E-state index is 0.293. The third-order valence-electron chi connectivity index (χ3n) is 4.74. The van der Waals surface area contributed by atoms with E-state index >= 15 is 0 Å². The molecule has 118 valence electrons. The molecular formula is C16H27IN2OSi. The van der Waals surface area contributed by atoms with Gasteiger partial charge in [-0.25, -0.2) is 4.98 Å². The fraction of sp³-hybridized carbons (Fsp3) is 0.688. The largest absolute Gasteiger partial charge is 0.414 e. The molecule has 1 aromatic heterocycles. The zero-order valence-corrected chi connectivity index (χ0v) is 17.0. The standard InChI is InChI=1S/C16H27IN2OSi/c1-16(2,3)21(4,5)20-14-7-10-19(11-8-14)15-12-13(17)6-9-18-15/h6,9,12,14H,7-8,10-11H2,1-5H3. The summed E-state index contributed by atoms with van der Waals surface area (Å²) in [4.78, 5) is 6.87. The number of piperidine rings is 1. The van der Waals surface area contributed by atoms with Crippen LogP contribution in [-0.2, 0) is 4.43 Å². The number of halogens is 1. The zero-order valence-electron chi connectivity index (χ0n) is 13.8. The molecule has 5 heteroatoms. The van der Waals surface area contributed by atoms with Crippen molar-refractivity contribution in [1.82, 2.24) is 4.98 Å². The van der Waals surface area contributed by atoms with Crippen LogP contribution in [0, 0.1) is 3.57 Å². The van der Waals surface area contributed by atoms with Gasteiger partial charge in [-0.05, 0) is 65.7 Å². The highest BCUT2D eigenvalue weighted by atomic mass is 127. The molecule has 0 spiro atoms. The van der Waals surface area contributed by atoms with E-state index in [9.17, 15) is 0 Å². The van der Waals surface area contributed by atoms with Gasteiger partial charge in [-0.2, -0.15) is 0 Å². The van der Waals surface area contributed by atoms with Crippen molar-refractivity contribution >= 4 is 36.7 Å². The van der Waals surface area contributed by atoms with Gasteiger partial charge in [-0.15, -0.1) is 0 Å². The minimum atomic E-state index is -1.64. The molecule has 0 radical (unpaired) electrons. The number of anilines is 1. The van der Waals surface area contributed by atoms with Crippen molar-refractivity contribution < 1.29 is 4.43 Å². The van der Waals surface area contributed by atoms with Crippen molar-refractivity contribution in [1.29, 1.82) is 0 Å². The Morgan fingerprint density at radius 1 is 1.29 bits per heavy atom. The summed E-state index contributed by atoms with van der Waals surface area (Å²) < 4.78 is 7.79. The second-order valence-electron chi connectivity index (χ2n) is 7.40. The molecule has 2 heterocycles. The van der Waals surface area contributed by atoms with Gasteiger partial charge in [-0.3, -0.25) is 0 Å². The van der Waals surface area contributed by atoms with Crippen LogP contribution >= 0.6 is 22.6 Å². The summed E-state index contributed by atoms with van der Waals surface area (Å²) in [5.74, 6) is 1.10. The molecule has 1 aliphatic rings. The predicted octanol–water partition coefficient (Wildman–Crippen LogP) is 4.68. The van der Waals surface area contributed by atoms with Gasteiger partial charge in [0.25, 0.3) is 0 Å². The van der Waals surface area contributed by atoms with Gasteiger partial charge < -0.3 is 9.33 Å². The van der Waals surface area contributed by atoms with Crippen LogP contribution in [0.4, 0.5) is 5.82 Å². The molecule has 0 amide bonds. The van der Waals surface area contributed by atoms with Crippen molar-refractivity contribution in [3.63, 3.8) is 0 Å². The van der Waals surface area contributed by atoms with Gasteiger partial charge in [0.1, 0.15) is 5.82 Å². The average Bonchev–Trinajstić information content (AvgIpc) is 2.38. The lowest BCUT2D eigenvalue weighted by Crippen LogP contribution is -2.47. The predicted molar refractivity (Wildman–Crippen MR) is 100 cm³/mol. The molecule has 0 atom stereocenters. The van der Waals surface area contributed by atoms with Crippen molar-refractivity contribution in [2.45, 2.75) is 57.8 Å². The van der Waals surface area contributed by atoms with Crippen molar-refractivity contribution in [3.8, 4) is 0 Å². The summed E-state index contributed by atoms with van der Waals surface area (Å²) in [6.07, 6.45) is 4.54. The van der Waals surface area contributed by atoms with Crippen LogP contribution < -0.4 is 4.90 Å². The van der Waals surface area contributed by atoms with Gasteiger partial charge in [0.2, 0.25) is 0 Å². The first-order valence-electron chi connectivity index (χ1n) is 7.73. The van der Waals surface area contributed by atoms with Crippen LogP contribution in [0.2, 0.25) is 18.1 Å². The SMILES string of the molecule is CC(C)(C)[Si](C)(C)OC1CCN(c2cc(I)ccn2)CC1. The van der Waals surface area contributed by atoms with Gasteiger partial charge >= 0.3 is 0 Å². The van der Waals surface area contributed by atoms with Crippen LogP contribution in [-0.4, -0.2) is 32.5 Å². The molecule has 0 saturated carbocycles. The second kappa shape index (κ2) is 6.54. The quantitative estimate of drug-likeness (QED) is 0.527. The molecule has 2 rings (SSSR count). The van der Waals surface area contributed by atoms with E-state index in [1.165, 1.54) is 3.57 Å². The number of aromatic nitrogens is 1. The fourth-order valence-corrected chi connectivity index (χ4v) is 4.22. The Morgan fingerprint density at radius 3 is 2.43 bits per heavy atom. The van der Waals surface area contributed by atoms with Gasteiger partial charge in [0, 0.05) is 29.0 Å².